The summed E-state index contributed by atoms with van der Waals surface area (Å²) < 4.78 is 0. The molecular weight excluding hydrogens is 146 g/mol. The summed E-state index contributed by atoms with van der Waals surface area (Å²) in [5.41, 5.74) is 0. The smallest absolute Gasteiger partial charge is 0.00210 e. The van der Waals surface area contributed by atoms with Crippen molar-refractivity contribution in [1.29, 1.82) is 0 Å². The zero-order chi connectivity index (χ0) is 9.40. The largest absolute Gasteiger partial charge is 0.319 e. The quantitative estimate of drug-likeness (QED) is 0.621. The third kappa shape index (κ3) is 4.10. The molecule has 1 nitrogen and oxygen atoms in total. The monoisotopic (exact) mass is 171 g/mol. The van der Waals surface area contributed by atoms with E-state index >= 15 is 0 Å². The maximum Gasteiger partial charge on any atom is -0.00210 e. The molecule has 0 radical (unpaired) electrons. The molecule has 0 saturated carbocycles. The van der Waals surface area contributed by atoms with Crippen molar-refractivity contribution in [2.75, 3.05) is 13.6 Å². The molecule has 0 aliphatic rings. The second-order valence-corrected chi connectivity index (χ2v) is 3.68. The highest BCUT2D eigenvalue weighted by atomic mass is 14.8. The average Bonchev–Trinajstić information content (AvgIpc) is 2.11. The van der Waals surface area contributed by atoms with Crippen LogP contribution in [0.1, 0.15) is 46.5 Å². The van der Waals surface area contributed by atoms with Gasteiger partial charge in [0, 0.05) is 0 Å². The molecule has 0 saturated heterocycles. The Morgan fingerprint density at radius 1 is 1.00 bits per heavy atom. The Bertz CT molecular complexity index is 79.0. The van der Waals surface area contributed by atoms with Crippen LogP contribution in [0.25, 0.3) is 0 Å². The normalized spacial score (nSPS) is 16.0. The topological polar surface area (TPSA) is 12.0 Å². The maximum atomic E-state index is 3.29. The summed E-state index contributed by atoms with van der Waals surface area (Å²) in [4.78, 5) is 0. The van der Waals surface area contributed by atoms with Gasteiger partial charge < -0.3 is 5.32 Å². The molecule has 0 aromatic rings. The first-order valence-electron chi connectivity index (χ1n) is 5.44. The minimum absolute atomic E-state index is 0.889. The molecule has 0 fully saturated rings. The van der Waals surface area contributed by atoms with Gasteiger partial charge in [0.1, 0.15) is 0 Å². The first-order chi connectivity index (χ1) is 5.79. The van der Waals surface area contributed by atoms with Gasteiger partial charge in [-0.2, -0.15) is 0 Å². The molecule has 1 heteroatoms. The Kier molecular flexibility index (Phi) is 7.58. The van der Waals surface area contributed by atoms with Gasteiger partial charge in [-0.1, -0.05) is 46.5 Å². The van der Waals surface area contributed by atoms with Crippen molar-refractivity contribution in [1.82, 2.24) is 5.32 Å². The lowest BCUT2D eigenvalue weighted by Crippen LogP contribution is -2.25. The van der Waals surface area contributed by atoms with E-state index in [9.17, 15) is 0 Å². The second kappa shape index (κ2) is 7.60. The van der Waals surface area contributed by atoms with Crippen molar-refractivity contribution in [3.05, 3.63) is 0 Å². The van der Waals surface area contributed by atoms with Gasteiger partial charge >= 0.3 is 0 Å². The summed E-state index contributed by atoms with van der Waals surface area (Å²) in [6.45, 7) is 8.10. The summed E-state index contributed by atoms with van der Waals surface area (Å²) in [5.74, 6) is 1.83. The van der Waals surface area contributed by atoms with Crippen molar-refractivity contribution in [3.63, 3.8) is 0 Å². The van der Waals surface area contributed by atoms with Crippen LogP contribution in [0.5, 0.6) is 0 Å². The lowest BCUT2D eigenvalue weighted by Gasteiger charge is -2.24. The second-order valence-electron chi connectivity index (χ2n) is 3.68. The first-order valence-corrected chi connectivity index (χ1v) is 5.44. The van der Waals surface area contributed by atoms with E-state index in [1.54, 1.807) is 0 Å². The molecule has 0 bridgehead atoms. The van der Waals surface area contributed by atoms with E-state index in [1.165, 1.54) is 32.2 Å². The van der Waals surface area contributed by atoms with Crippen molar-refractivity contribution < 1.29 is 0 Å². The lowest BCUT2D eigenvalue weighted by atomic mass is 9.84. The molecule has 1 N–H and O–H groups in total. The molecule has 0 amide bonds. The van der Waals surface area contributed by atoms with E-state index in [0.29, 0.717) is 0 Å². The van der Waals surface area contributed by atoms with Crippen LogP contribution in [0, 0.1) is 11.8 Å². The summed E-state index contributed by atoms with van der Waals surface area (Å²) in [5, 5.41) is 3.29. The van der Waals surface area contributed by atoms with Crippen molar-refractivity contribution in [2.45, 2.75) is 46.5 Å². The predicted octanol–water partition coefficient (Wildman–Crippen LogP) is 3.06. The molecular formula is C11H25N. The van der Waals surface area contributed by atoms with Crippen molar-refractivity contribution >= 4 is 0 Å². The number of hydrogen-bond donors (Lipinski definition) is 1. The molecule has 0 aromatic heterocycles. The third-order valence-corrected chi connectivity index (χ3v) is 2.84. The van der Waals surface area contributed by atoms with Gasteiger partial charge in [0.05, 0.1) is 0 Å². The average molecular weight is 171 g/mol. The molecule has 0 aromatic carbocycles. The van der Waals surface area contributed by atoms with E-state index in [1.807, 2.05) is 0 Å². The van der Waals surface area contributed by atoms with Crippen LogP contribution < -0.4 is 5.32 Å². The Labute approximate surface area is 77.9 Å². The van der Waals surface area contributed by atoms with Crippen LogP contribution in [0.2, 0.25) is 0 Å². The van der Waals surface area contributed by atoms with Crippen LogP contribution >= 0.6 is 0 Å². The minimum Gasteiger partial charge on any atom is -0.319 e. The highest BCUT2D eigenvalue weighted by Crippen LogP contribution is 2.23. The molecule has 74 valence electrons. The molecule has 0 rings (SSSR count). The molecule has 0 heterocycles. The van der Waals surface area contributed by atoms with Gasteiger partial charge in [-0.05, 0) is 25.4 Å². The van der Waals surface area contributed by atoms with Crippen LogP contribution in [0.3, 0.4) is 0 Å². The zero-order valence-corrected chi connectivity index (χ0v) is 9.19. The molecule has 0 spiro atoms. The predicted molar refractivity (Wildman–Crippen MR) is 56.4 cm³/mol. The SMILES string of the molecule is CCCC(CC)C(CC)CNC. The Balaban J connectivity index is 3.84. The van der Waals surface area contributed by atoms with Gasteiger partial charge in [-0.3, -0.25) is 0 Å². The summed E-state index contributed by atoms with van der Waals surface area (Å²) in [6.07, 6.45) is 5.39. The summed E-state index contributed by atoms with van der Waals surface area (Å²) >= 11 is 0. The zero-order valence-electron chi connectivity index (χ0n) is 9.19. The van der Waals surface area contributed by atoms with Crippen LogP contribution in [-0.2, 0) is 0 Å². The van der Waals surface area contributed by atoms with Gasteiger partial charge in [-0.15, -0.1) is 0 Å². The van der Waals surface area contributed by atoms with Crippen LogP contribution in [0.15, 0.2) is 0 Å². The highest BCUT2D eigenvalue weighted by molar-refractivity contribution is 4.69. The molecule has 0 aliphatic heterocycles. The maximum absolute atomic E-state index is 3.29. The highest BCUT2D eigenvalue weighted by Gasteiger charge is 2.15. The number of rotatable bonds is 7. The summed E-state index contributed by atoms with van der Waals surface area (Å²) in [6, 6.07) is 0. The standard InChI is InChI=1S/C11H25N/c1-5-8-10(6-2)11(7-3)9-12-4/h10-12H,5-9H2,1-4H3. The Morgan fingerprint density at radius 3 is 1.92 bits per heavy atom. The first kappa shape index (κ1) is 12.0. The molecule has 2 unspecified atom stereocenters. The Hall–Kier alpha value is -0.0400. The number of nitrogens with one attached hydrogen (secondary N) is 1. The van der Waals surface area contributed by atoms with E-state index in [2.05, 4.69) is 33.1 Å². The van der Waals surface area contributed by atoms with Crippen LogP contribution in [0.4, 0.5) is 0 Å². The number of hydrogen-bond acceptors (Lipinski definition) is 1. The molecule has 0 aliphatic carbocycles. The minimum atomic E-state index is 0.889. The fourth-order valence-corrected chi connectivity index (χ4v) is 2.05. The molecule has 12 heavy (non-hydrogen) atoms. The molecule has 2 atom stereocenters. The van der Waals surface area contributed by atoms with Crippen molar-refractivity contribution in [3.8, 4) is 0 Å². The van der Waals surface area contributed by atoms with Crippen LogP contribution in [-0.4, -0.2) is 13.6 Å². The van der Waals surface area contributed by atoms with Gasteiger partial charge in [-0.25, -0.2) is 0 Å². The third-order valence-electron chi connectivity index (χ3n) is 2.84. The van der Waals surface area contributed by atoms with Gasteiger partial charge in [0.15, 0.2) is 0 Å². The Morgan fingerprint density at radius 2 is 1.58 bits per heavy atom. The fraction of sp³-hybridized carbons (Fsp3) is 1.00. The lowest BCUT2D eigenvalue weighted by molar-refractivity contribution is 0.286. The van der Waals surface area contributed by atoms with Crippen molar-refractivity contribution in [2.24, 2.45) is 11.8 Å². The fourth-order valence-electron chi connectivity index (χ4n) is 2.05. The van der Waals surface area contributed by atoms with E-state index in [4.69, 9.17) is 0 Å². The van der Waals surface area contributed by atoms with E-state index in [0.717, 1.165) is 11.8 Å². The van der Waals surface area contributed by atoms with E-state index < -0.39 is 0 Å². The van der Waals surface area contributed by atoms with Gasteiger partial charge in [0.2, 0.25) is 0 Å². The van der Waals surface area contributed by atoms with E-state index in [-0.39, 0.29) is 0 Å². The van der Waals surface area contributed by atoms with Gasteiger partial charge in [0.25, 0.3) is 0 Å². The summed E-state index contributed by atoms with van der Waals surface area (Å²) in [7, 11) is 2.06.